The van der Waals surface area contributed by atoms with E-state index in [-0.39, 0.29) is 16.8 Å². The third-order valence-electron chi connectivity index (χ3n) is 7.82. The van der Waals surface area contributed by atoms with Crippen molar-refractivity contribution in [1.82, 2.24) is 10.2 Å². The predicted octanol–water partition coefficient (Wildman–Crippen LogP) is 5.82. The molecule has 2 amide bonds. The SMILES string of the molecule is CC[C@@H](C(=O)NC1CCCC1)N(CCc1ccccc1)C(=O)CN(c1ccc(C)cc1)S(=O)(=O)c1ccc(SC)cc1. The number of nitrogens with one attached hydrogen (secondary N) is 1. The number of sulfonamides is 1. The molecule has 42 heavy (non-hydrogen) atoms. The van der Waals surface area contributed by atoms with Gasteiger partial charge >= 0.3 is 0 Å². The molecule has 1 aliphatic carbocycles. The monoisotopic (exact) mass is 607 g/mol. The molecule has 1 saturated carbocycles. The van der Waals surface area contributed by atoms with E-state index < -0.39 is 28.5 Å². The largest absolute Gasteiger partial charge is 0.352 e. The lowest BCUT2D eigenvalue weighted by Gasteiger charge is -2.33. The minimum Gasteiger partial charge on any atom is -0.352 e. The van der Waals surface area contributed by atoms with E-state index in [1.165, 1.54) is 16.1 Å². The molecular formula is C33H41N3O4S2. The molecule has 3 aromatic rings. The fraction of sp³-hybridized carbons (Fsp3) is 0.394. The first-order valence-electron chi connectivity index (χ1n) is 14.6. The van der Waals surface area contributed by atoms with Gasteiger partial charge in [0.2, 0.25) is 11.8 Å². The molecule has 0 saturated heterocycles. The van der Waals surface area contributed by atoms with Gasteiger partial charge < -0.3 is 10.2 Å². The lowest BCUT2D eigenvalue weighted by Crippen LogP contribution is -2.54. The standard InChI is InChI=1S/C33H41N3O4S2/c1-4-31(33(38)34-27-12-8-9-13-27)35(23-22-26-10-6-5-7-11-26)32(37)24-36(28-16-14-25(2)15-17-28)42(39,40)30-20-18-29(41-3)19-21-30/h5-7,10-11,14-21,27,31H,4,8-9,12-13,22-24H2,1-3H3,(H,34,38)/t31-/m0/s1. The van der Waals surface area contributed by atoms with Crippen LogP contribution in [0.15, 0.2) is 88.7 Å². The Bertz CT molecular complexity index is 1420. The smallest absolute Gasteiger partial charge is 0.264 e. The van der Waals surface area contributed by atoms with E-state index in [0.29, 0.717) is 25.1 Å². The van der Waals surface area contributed by atoms with Crippen molar-refractivity contribution < 1.29 is 18.0 Å². The summed E-state index contributed by atoms with van der Waals surface area (Å²) in [7, 11) is -4.08. The number of anilines is 1. The summed E-state index contributed by atoms with van der Waals surface area (Å²) in [6, 6.07) is 23.0. The average Bonchev–Trinajstić information content (AvgIpc) is 3.52. The Morgan fingerprint density at radius 3 is 2.19 bits per heavy atom. The van der Waals surface area contributed by atoms with Crippen LogP contribution >= 0.6 is 11.8 Å². The lowest BCUT2D eigenvalue weighted by molar-refractivity contribution is -0.139. The molecule has 224 valence electrons. The van der Waals surface area contributed by atoms with Crippen molar-refractivity contribution in [3.63, 3.8) is 0 Å². The van der Waals surface area contributed by atoms with E-state index in [1.807, 2.05) is 62.6 Å². The molecule has 0 heterocycles. The molecule has 0 bridgehead atoms. The maximum Gasteiger partial charge on any atom is 0.264 e. The summed E-state index contributed by atoms with van der Waals surface area (Å²) in [5.41, 5.74) is 2.42. The van der Waals surface area contributed by atoms with Crippen molar-refractivity contribution in [2.75, 3.05) is 23.7 Å². The second-order valence-corrected chi connectivity index (χ2v) is 13.5. The minimum atomic E-state index is -4.08. The molecule has 3 aromatic carbocycles. The number of carbonyl (C=O) groups is 2. The van der Waals surface area contributed by atoms with E-state index in [1.54, 1.807) is 41.3 Å². The molecule has 1 fully saturated rings. The summed E-state index contributed by atoms with van der Waals surface area (Å²) < 4.78 is 29.2. The molecule has 9 heteroatoms. The number of benzene rings is 3. The van der Waals surface area contributed by atoms with E-state index in [4.69, 9.17) is 0 Å². The summed E-state index contributed by atoms with van der Waals surface area (Å²) in [4.78, 5) is 30.3. The van der Waals surface area contributed by atoms with Gasteiger partial charge in [-0.05, 0) is 80.8 Å². The van der Waals surface area contributed by atoms with Crippen molar-refractivity contribution >= 4 is 39.3 Å². The van der Waals surface area contributed by atoms with Crippen LogP contribution < -0.4 is 9.62 Å². The highest BCUT2D eigenvalue weighted by molar-refractivity contribution is 7.98. The lowest BCUT2D eigenvalue weighted by atomic mass is 10.1. The highest BCUT2D eigenvalue weighted by atomic mass is 32.2. The highest BCUT2D eigenvalue weighted by Gasteiger charge is 2.34. The molecule has 1 aliphatic rings. The molecule has 4 rings (SSSR count). The van der Waals surface area contributed by atoms with Gasteiger partial charge in [-0.3, -0.25) is 13.9 Å². The van der Waals surface area contributed by atoms with Crippen LogP contribution in [0.5, 0.6) is 0 Å². The summed E-state index contributed by atoms with van der Waals surface area (Å²) >= 11 is 1.53. The van der Waals surface area contributed by atoms with Crippen LogP contribution in [0.1, 0.15) is 50.2 Å². The number of aryl methyl sites for hydroxylation is 1. The number of hydrogen-bond donors (Lipinski definition) is 1. The molecule has 1 N–H and O–H groups in total. The quantitative estimate of drug-likeness (QED) is 0.248. The van der Waals surface area contributed by atoms with Crippen LogP contribution in [0, 0.1) is 6.92 Å². The van der Waals surface area contributed by atoms with Crippen LogP contribution in [0.4, 0.5) is 5.69 Å². The summed E-state index contributed by atoms with van der Waals surface area (Å²) in [6.07, 6.45) is 6.95. The maximum absolute atomic E-state index is 14.2. The van der Waals surface area contributed by atoms with Gasteiger partial charge in [-0.2, -0.15) is 0 Å². The van der Waals surface area contributed by atoms with E-state index >= 15 is 0 Å². The van der Waals surface area contributed by atoms with Gasteiger partial charge in [0.05, 0.1) is 10.6 Å². The Hall–Kier alpha value is -3.30. The zero-order valence-corrected chi connectivity index (χ0v) is 26.3. The average molecular weight is 608 g/mol. The van der Waals surface area contributed by atoms with Crippen molar-refractivity contribution in [2.24, 2.45) is 0 Å². The van der Waals surface area contributed by atoms with Crippen LogP contribution in [0.3, 0.4) is 0 Å². The van der Waals surface area contributed by atoms with Gasteiger partial charge in [0.25, 0.3) is 10.0 Å². The van der Waals surface area contributed by atoms with E-state index in [0.717, 1.165) is 41.7 Å². The Kier molecular flexibility index (Phi) is 11.1. The Morgan fingerprint density at radius 2 is 1.60 bits per heavy atom. The van der Waals surface area contributed by atoms with Crippen molar-refractivity contribution in [3.8, 4) is 0 Å². The fourth-order valence-corrected chi connectivity index (χ4v) is 7.20. The zero-order chi connectivity index (χ0) is 30.1. The third-order valence-corrected chi connectivity index (χ3v) is 10.4. The Balaban J connectivity index is 1.67. The van der Waals surface area contributed by atoms with Gasteiger partial charge in [-0.1, -0.05) is 67.8 Å². The Labute approximate surface area is 254 Å². The van der Waals surface area contributed by atoms with Crippen molar-refractivity contribution in [2.45, 2.75) is 74.2 Å². The molecule has 7 nitrogen and oxygen atoms in total. The van der Waals surface area contributed by atoms with Crippen LogP contribution in [-0.4, -0.2) is 56.6 Å². The summed E-state index contributed by atoms with van der Waals surface area (Å²) in [5, 5.41) is 3.15. The zero-order valence-electron chi connectivity index (χ0n) is 24.7. The highest BCUT2D eigenvalue weighted by Crippen LogP contribution is 2.27. The number of hydrogen-bond acceptors (Lipinski definition) is 5. The second kappa shape index (κ2) is 14.7. The van der Waals surface area contributed by atoms with Gasteiger partial charge in [-0.15, -0.1) is 11.8 Å². The predicted molar refractivity (Wildman–Crippen MR) is 170 cm³/mol. The Morgan fingerprint density at radius 1 is 0.952 bits per heavy atom. The molecule has 0 unspecified atom stereocenters. The number of carbonyl (C=O) groups excluding carboxylic acids is 2. The first-order chi connectivity index (χ1) is 20.2. The van der Waals surface area contributed by atoms with Crippen LogP contribution in [-0.2, 0) is 26.0 Å². The summed E-state index contributed by atoms with van der Waals surface area (Å²) in [6.45, 7) is 3.69. The van der Waals surface area contributed by atoms with E-state index in [9.17, 15) is 18.0 Å². The van der Waals surface area contributed by atoms with Gasteiger partial charge in [-0.25, -0.2) is 8.42 Å². The topological polar surface area (TPSA) is 86.8 Å². The van der Waals surface area contributed by atoms with Crippen LogP contribution in [0.25, 0.3) is 0 Å². The molecule has 0 spiro atoms. The maximum atomic E-state index is 14.2. The minimum absolute atomic E-state index is 0.107. The number of thioether (sulfide) groups is 1. The molecule has 0 radical (unpaired) electrons. The van der Waals surface area contributed by atoms with Crippen LogP contribution in [0.2, 0.25) is 0 Å². The van der Waals surface area contributed by atoms with Gasteiger partial charge in [0.1, 0.15) is 12.6 Å². The number of rotatable bonds is 13. The first kappa shape index (κ1) is 31.6. The number of amides is 2. The van der Waals surface area contributed by atoms with E-state index in [2.05, 4.69) is 5.32 Å². The summed E-state index contributed by atoms with van der Waals surface area (Å²) in [5.74, 6) is -0.590. The fourth-order valence-electron chi connectivity index (χ4n) is 5.38. The third kappa shape index (κ3) is 7.95. The molecule has 0 aromatic heterocycles. The first-order valence-corrected chi connectivity index (χ1v) is 17.3. The van der Waals surface area contributed by atoms with Crippen molar-refractivity contribution in [3.05, 3.63) is 90.0 Å². The molecular weight excluding hydrogens is 567 g/mol. The van der Waals surface area contributed by atoms with Crippen molar-refractivity contribution in [1.29, 1.82) is 0 Å². The number of nitrogens with zero attached hydrogens (tertiary/aromatic N) is 2. The molecule has 0 aliphatic heterocycles. The molecule has 1 atom stereocenters. The van der Waals surface area contributed by atoms with Gasteiger partial charge in [0, 0.05) is 17.5 Å². The normalized spacial score (nSPS) is 14.4. The second-order valence-electron chi connectivity index (χ2n) is 10.8. The van der Waals surface area contributed by atoms with Gasteiger partial charge in [0.15, 0.2) is 0 Å².